The molecular weight excluding hydrogens is 718 g/mol. The van der Waals surface area contributed by atoms with Gasteiger partial charge in [0.1, 0.15) is 0 Å². The molecule has 4 aromatic rings. The average Bonchev–Trinajstić information content (AvgIpc) is 3.42. The minimum atomic E-state index is -0.284. The van der Waals surface area contributed by atoms with Crippen LogP contribution in [0.25, 0.3) is 22.5 Å². The number of benzene rings is 2. The molecule has 0 N–H and O–H groups in total. The van der Waals surface area contributed by atoms with Crippen LogP contribution in [0.5, 0.6) is 0 Å². The SMILES string of the molecule is C.C.CC(=O)c1nc(-c2ccc(Br)cc2)cn1C.CON(C)C(=O)c1nc(-c2ccc(Br)cc2)cn1C.[Br-].[CH3-].[Mg+2]. The van der Waals surface area contributed by atoms with E-state index in [4.69, 9.17) is 4.84 Å². The Hall–Kier alpha value is -1.83. The molecule has 2 heterocycles. The van der Waals surface area contributed by atoms with Gasteiger partial charge in [-0.3, -0.25) is 14.4 Å². The molecule has 2 aromatic carbocycles. The van der Waals surface area contributed by atoms with E-state index in [1.165, 1.54) is 14.0 Å². The summed E-state index contributed by atoms with van der Waals surface area (Å²) in [4.78, 5) is 36.8. The molecule has 0 saturated carbocycles. The number of carbonyl (C=O) groups is 2. The van der Waals surface area contributed by atoms with Gasteiger partial charge < -0.3 is 33.5 Å². The Kier molecular flexibility index (Phi) is 20.6. The molecule has 4 rings (SSSR count). The number of Topliss-reactive ketones (excluding diaryl/α,β-unsaturated/α-hetero) is 1. The Balaban J connectivity index is -0.000000614. The van der Waals surface area contributed by atoms with Crippen LogP contribution in [0, 0.1) is 7.43 Å². The van der Waals surface area contributed by atoms with Crippen molar-refractivity contribution in [3.63, 3.8) is 0 Å². The smallest absolute Gasteiger partial charge is 1.00 e. The van der Waals surface area contributed by atoms with Crippen LogP contribution in [0.2, 0.25) is 0 Å². The zero-order chi connectivity index (χ0) is 25.7. The second-order valence-corrected chi connectivity index (χ2v) is 9.51. The normalized spacial score (nSPS) is 9.18. The molecule has 2 aromatic heterocycles. The van der Waals surface area contributed by atoms with Gasteiger partial charge in [0.2, 0.25) is 5.82 Å². The number of amides is 1. The Morgan fingerprint density at radius 1 is 0.800 bits per heavy atom. The van der Waals surface area contributed by atoms with Crippen molar-refractivity contribution in [1.82, 2.24) is 24.2 Å². The van der Waals surface area contributed by atoms with E-state index < -0.39 is 0 Å². The van der Waals surface area contributed by atoms with Gasteiger partial charge in [-0.2, -0.15) is 0 Å². The number of halogens is 3. The molecule has 0 aliphatic heterocycles. The van der Waals surface area contributed by atoms with E-state index in [0.29, 0.717) is 11.6 Å². The number of hydrogen-bond acceptors (Lipinski definition) is 5. The molecule has 0 unspecified atom stereocenters. The summed E-state index contributed by atoms with van der Waals surface area (Å²) in [5, 5.41) is 1.15. The Labute approximate surface area is 281 Å². The summed E-state index contributed by atoms with van der Waals surface area (Å²) in [7, 11) is 6.60. The van der Waals surface area contributed by atoms with Crippen LogP contribution >= 0.6 is 31.9 Å². The summed E-state index contributed by atoms with van der Waals surface area (Å²) in [6, 6.07) is 15.6. The summed E-state index contributed by atoms with van der Waals surface area (Å²) < 4.78 is 5.47. The van der Waals surface area contributed by atoms with Crippen LogP contribution < -0.4 is 17.0 Å². The van der Waals surface area contributed by atoms with Crippen molar-refractivity contribution in [2.75, 3.05) is 14.2 Å². The molecule has 0 aliphatic carbocycles. The zero-order valence-electron chi connectivity index (χ0n) is 22.1. The van der Waals surface area contributed by atoms with Crippen molar-refractivity contribution < 1.29 is 31.4 Å². The van der Waals surface area contributed by atoms with E-state index in [2.05, 4.69) is 41.8 Å². The van der Waals surface area contributed by atoms with Gasteiger partial charge >= 0.3 is 29.0 Å². The van der Waals surface area contributed by atoms with Crippen LogP contribution in [0.3, 0.4) is 0 Å². The monoisotopic (exact) mass is 751 g/mol. The first-order valence-electron chi connectivity index (χ1n) is 10.5. The van der Waals surface area contributed by atoms with Crippen LogP contribution in [0.1, 0.15) is 43.0 Å². The van der Waals surface area contributed by atoms with Gasteiger partial charge in [0.25, 0.3) is 0 Å². The van der Waals surface area contributed by atoms with Crippen LogP contribution in [-0.2, 0) is 18.9 Å². The standard InChI is InChI=1S/C13H14BrN3O2.C12H11BrN2O.2CH4.CH3.BrH.Mg/c1-16-8-11(9-4-6-10(14)7-5-9)15-12(16)13(18)17(2)19-3;1-8(16)12-14-11(7-15(12)2)9-3-5-10(13)6-4-9;;;;;/h4-8H,1-3H3;3-7H,1-2H3;2*1H4;1H3;1H;/q;;;;-1;;+2/p-1. The number of aromatic nitrogens is 4. The van der Waals surface area contributed by atoms with Crippen LogP contribution in [0.4, 0.5) is 0 Å². The molecule has 0 saturated heterocycles. The molecule has 0 fully saturated rings. The van der Waals surface area contributed by atoms with Gasteiger partial charge in [-0.15, -0.1) is 0 Å². The fourth-order valence-electron chi connectivity index (χ4n) is 3.20. The second kappa shape index (κ2) is 19.3. The number of aryl methyl sites for hydroxylation is 2. The third-order valence-electron chi connectivity index (χ3n) is 5.10. The van der Waals surface area contributed by atoms with E-state index in [1.54, 1.807) is 23.2 Å². The fraction of sp³-hybridized carbons (Fsp3) is 0.250. The van der Waals surface area contributed by atoms with Gasteiger partial charge in [-0.1, -0.05) is 71.0 Å². The number of hydrogen-bond donors (Lipinski definition) is 0. The van der Waals surface area contributed by atoms with Crippen LogP contribution in [0.15, 0.2) is 69.9 Å². The molecule has 0 atom stereocenters. The summed E-state index contributed by atoms with van der Waals surface area (Å²) in [5.41, 5.74) is 3.53. The first-order valence-corrected chi connectivity index (χ1v) is 12.1. The Bertz CT molecular complexity index is 1340. The predicted octanol–water partition coefficient (Wildman–Crippen LogP) is 3.88. The maximum absolute atomic E-state index is 12.0. The van der Waals surface area contributed by atoms with E-state index in [9.17, 15) is 9.59 Å². The Morgan fingerprint density at radius 2 is 1.15 bits per heavy atom. The number of nitrogens with zero attached hydrogens (tertiary/aromatic N) is 5. The molecule has 1 amide bonds. The molecular formula is C28H36Br3MgN5O3. The number of carbonyl (C=O) groups excluding carboxylic acids is 2. The molecule has 8 nitrogen and oxygen atoms in total. The number of hydroxylamine groups is 2. The average molecular weight is 755 g/mol. The van der Waals surface area contributed by atoms with E-state index in [1.807, 2.05) is 68.0 Å². The van der Waals surface area contributed by atoms with E-state index in [-0.39, 0.29) is 74.0 Å². The number of ketones is 1. The minimum Gasteiger partial charge on any atom is -1.00 e. The second-order valence-electron chi connectivity index (χ2n) is 7.68. The van der Waals surface area contributed by atoms with Crippen molar-refractivity contribution in [3.05, 3.63) is 88.9 Å². The quantitative estimate of drug-likeness (QED) is 0.134. The maximum atomic E-state index is 12.0. The molecule has 40 heavy (non-hydrogen) atoms. The molecule has 214 valence electrons. The first-order chi connectivity index (χ1) is 16.6. The molecule has 0 spiro atoms. The first kappa shape index (κ1) is 42.6. The van der Waals surface area contributed by atoms with Crippen LogP contribution in [-0.4, -0.2) is 73.1 Å². The summed E-state index contributed by atoms with van der Waals surface area (Å²) in [5.74, 6) is 0.513. The van der Waals surface area contributed by atoms with Crippen molar-refractivity contribution in [2.45, 2.75) is 21.8 Å². The topological polar surface area (TPSA) is 82.2 Å². The maximum Gasteiger partial charge on any atom is 2.00 e. The van der Waals surface area contributed by atoms with Gasteiger partial charge in [0.05, 0.1) is 18.5 Å². The van der Waals surface area contributed by atoms with E-state index >= 15 is 0 Å². The fourth-order valence-corrected chi connectivity index (χ4v) is 3.73. The molecule has 0 radical (unpaired) electrons. The van der Waals surface area contributed by atoms with Crippen molar-refractivity contribution in [3.8, 4) is 22.5 Å². The molecule has 0 aliphatic rings. The predicted molar refractivity (Wildman–Crippen MR) is 167 cm³/mol. The van der Waals surface area contributed by atoms with Gasteiger partial charge in [-0.25, -0.2) is 15.0 Å². The van der Waals surface area contributed by atoms with Gasteiger partial charge in [0, 0.05) is 60.5 Å². The molecule has 12 heteroatoms. The third kappa shape index (κ3) is 10.9. The number of imidazole rings is 2. The van der Waals surface area contributed by atoms with Gasteiger partial charge in [-0.05, 0) is 24.3 Å². The van der Waals surface area contributed by atoms with Crippen molar-refractivity contribution >= 4 is 66.6 Å². The summed E-state index contributed by atoms with van der Waals surface area (Å²) in [6.45, 7) is 1.52. The van der Waals surface area contributed by atoms with Crippen molar-refractivity contribution in [2.24, 2.45) is 14.1 Å². The van der Waals surface area contributed by atoms with Crippen molar-refractivity contribution in [1.29, 1.82) is 0 Å². The Morgan fingerprint density at radius 3 is 1.48 bits per heavy atom. The largest absolute Gasteiger partial charge is 2.00 e. The van der Waals surface area contributed by atoms with Gasteiger partial charge in [0.15, 0.2) is 11.6 Å². The summed E-state index contributed by atoms with van der Waals surface area (Å²) >= 11 is 6.77. The third-order valence-corrected chi connectivity index (χ3v) is 6.16. The minimum absolute atomic E-state index is 0. The number of rotatable bonds is 5. The molecule has 0 bridgehead atoms. The zero-order valence-corrected chi connectivity index (χ0v) is 28.2. The van der Waals surface area contributed by atoms with E-state index in [0.717, 1.165) is 36.5 Å². The summed E-state index contributed by atoms with van der Waals surface area (Å²) in [6.07, 6.45) is 3.68.